The Morgan fingerprint density at radius 3 is 2.63 bits per heavy atom. The van der Waals surface area contributed by atoms with Crippen molar-refractivity contribution < 1.29 is 0 Å². The van der Waals surface area contributed by atoms with Crippen LogP contribution in [0, 0.1) is 13.8 Å². The van der Waals surface area contributed by atoms with Gasteiger partial charge in [0.25, 0.3) is 5.56 Å². The molecule has 96 valence electrons. The SMILES string of the molecule is Cc1nc(Cl)c2cc3c(cc(C)c(=O)n3C)cc2n1. The van der Waals surface area contributed by atoms with Gasteiger partial charge >= 0.3 is 0 Å². The molecule has 0 saturated carbocycles. The third-order valence-electron chi connectivity index (χ3n) is 3.28. The van der Waals surface area contributed by atoms with E-state index in [4.69, 9.17) is 11.6 Å². The summed E-state index contributed by atoms with van der Waals surface area (Å²) in [6.07, 6.45) is 0. The van der Waals surface area contributed by atoms with Gasteiger partial charge in [-0.3, -0.25) is 4.79 Å². The van der Waals surface area contributed by atoms with E-state index >= 15 is 0 Å². The molecule has 3 rings (SSSR count). The number of halogens is 1. The van der Waals surface area contributed by atoms with Gasteiger partial charge in [0.05, 0.1) is 11.0 Å². The minimum absolute atomic E-state index is 0.00370. The number of hydrogen-bond donors (Lipinski definition) is 0. The Morgan fingerprint density at radius 2 is 1.89 bits per heavy atom. The van der Waals surface area contributed by atoms with E-state index in [1.807, 2.05) is 32.0 Å². The van der Waals surface area contributed by atoms with Gasteiger partial charge in [0.1, 0.15) is 11.0 Å². The van der Waals surface area contributed by atoms with Crippen molar-refractivity contribution in [2.45, 2.75) is 13.8 Å². The molecule has 2 aromatic heterocycles. The predicted octanol–water partition coefficient (Wildman–Crippen LogP) is 2.75. The Bertz CT molecular complexity index is 883. The van der Waals surface area contributed by atoms with E-state index in [0.29, 0.717) is 16.5 Å². The molecule has 0 aliphatic heterocycles. The summed E-state index contributed by atoms with van der Waals surface area (Å²) in [5.74, 6) is 0.637. The number of nitrogens with zero attached hydrogens (tertiary/aromatic N) is 3. The van der Waals surface area contributed by atoms with Crippen LogP contribution in [0.25, 0.3) is 21.8 Å². The fraction of sp³-hybridized carbons (Fsp3) is 0.214. The summed E-state index contributed by atoms with van der Waals surface area (Å²) in [5.41, 5.74) is 2.34. The van der Waals surface area contributed by atoms with E-state index in [-0.39, 0.29) is 5.56 Å². The molecule has 0 bridgehead atoms. The third-order valence-corrected chi connectivity index (χ3v) is 3.57. The zero-order chi connectivity index (χ0) is 13.7. The second-order valence-corrected chi connectivity index (χ2v) is 5.04. The highest BCUT2D eigenvalue weighted by molar-refractivity contribution is 6.34. The van der Waals surface area contributed by atoms with Crippen LogP contribution >= 0.6 is 11.6 Å². The molecule has 0 spiro atoms. The maximum absolute atomic E-state index is 12.0. The van der Waals surface area contributed by atoms with Crippen LogP contribution in [-0.2, 0) is 7.05 Å². The quantitative estimate of drug-likeness (QED) is 0.467. The maximum atomic E-state index is 12.0. The fourth-order valence-electron chi connectivity index (χ4n) is 2.33. The Hall–Kier alpha value is -1.94. The molecule has 0 saturated heterocycles. The first-order valence-corrected chi connectivity index (χ1v) is 6.29. The molecule has 2 heterocycles. The van der Waals surface area contributed by atoms with Crippen molar-refractivity contribution >= 4 is 33.4 Å². The average Bonchev–Trinajstić information content (AvgIpc) is 2.34. The molecular weight excluding hydrogens is 262 g/mol. The van der Waals surface area contributed by atoms with E-state index in [2.05, 4.69) is 9.97 Å². The predicted molar refractivity (Wildman–Crippen MR) is 76.8 cm³/mol. The van der Waals surface area contributed by atoms with Gasteiger partial charge < -0.3 is 4.57 Å². The molecule has 0 N–H and O–H groups in total. The van der Waals surface area contributed by atoms with Gasteiger partial charge in [0.15, 0.2) is 0 Å². The largest absolute Gasteiger partial charge is 0.311 e. The summed E-state index contributed by atoms with van der Waals surface area (Å²) in [5, 5.41) is 2.15. The number of benzene rings is 1. The summed E-state index contributed by atoms with van der Waals surface area (Å²) < 4.78 is 1.63. The Labute approximate surface area is 114 Å². The van der Waals surface area contributed by atoms with Gasteiger partial charge in [-0.1, -0.05) is 11.6 Å². The van der Waals surface area contributed by atoms with Crippen molar-refractivity contribution in [1.82, 2.24) is 14.5 Å². The van der Waals surface area contributed by atoms with E-state index in [1.165, 1.54) is 0 Å². The highest BCUT2D eigenvalue weighted by Crippen LogP contribution is 2.25. The van der Waals surface area contributed by atoms with Crippen molar-refractivity contribution in [2.75, 3.05) is 0 Å². The van der Waals surface area contributed by atoms with Crippen LogP contribution in [0.15, 0.2) is 23.0 Å². The fourth-order valence-corrected chi connectivity index (χ4v) is 2.60. The van der Waals surface area contributed by atoms with Crippen LogP contribution in [0.4, 0.5) is 0 Å². The average molecular weight is 274 g/mol. The van der Waals surface area contributed by atoms with Crippen LogP contribution in [-0.4, -0.2) is 14.5 Å². The van der Waals surface area contributed by atoms with E-state index in [9.17, 15) is 4.79 Å². The van der Waals surface area contributed by atoms with Crippen molar-refractivity contribution in [3.05, 3.63) is 45.1 Å². The standard InChI is InChI=1S/C14H12ClN3O/c1-7-4-9-5-11-10(13(15)17-8(2)16-11)6-12(9)18(3)14(7)19/h4-6H,1-3H3. The van der Waals surface area contributed by atoms with Crippen molar-refractivity contribution in [1.29, 1.82) is 0 Å². The lowest BCUT2D eigenvalue weighted by molar-refractivity contribution is 0.894. The van der Waals surface area contributed by atoms with Crippen LogP contribution in [0.1, 0.15) is 11.4 Å². The molecule has 5 heteroatoms. The Morgan fingerprint density at radius 1 is 1.16 bits per heavy atom. The third kappa shape index (κ3) is 1.79. The molecule has 0 aliphatic rings. The molecule has 4 nitrogen and oxygen atoms in total. The summed E-state index contributed by atoms with van der Waals surface area (Å²) in [7, 11) is 1.76. The van der Waals surface area contributed by atoms with Crippen LogP contribution < -0.4 is 5.56 Å². The number of pyridine rings is 1. The summed E-state index contributed by atoms with van der Waals surface area (Å²) >= 11 is 6.15. The van der Waals surface area contributed by atoms with Crippen LogP contribution in [0.5, 0.6) is 0 Å². The molecule has 0 atom stereocenters. The van der Waals surface area contributed by atoms with E-state index in [1.54, 1.807) is 11.6 Å². The summed E-state index contributed by atoms with van der Waals surface area (Å²) in [6.45, 7) is 3.62. The molecular formula is C14H12ClN3O. The van der Waals surface area contributed by atoms with Gasteiger partial charge in [0, 0.05) is 23.4 Å². The number of rotatable bonds is 0. The lowest BCUT2D eigenvalue weighted by atomic mass is 10.1. The number of aromatic nitrogens is 3. The first kappa shape index (κ1) is 12.1. The first-order chi connectivity index (χ1) is 8.97. The summed E-state index contributed by atoms with van der Waals surface area (Å²) in [6, 6.07) is 5.69. The molecule has 1 aromatic carbocycles. The van der Waals surface area contributed by atoms with E-state index in [0.717, 1.165) is 21.8 Å². The molecule has 0 fully saturated rings. The molecule has 3 aromatic rings. The maximum Gasteiger partial charge on any atom is 0.253 e. The Kier molecular flexibility index (Phi) is 2.57. The normalized spacial score (nSPS) is 11.4. The molecule has 0 amide bonds. The smallest absolute Gasteiger partial charge is 0.253 e. The lowest BCUT2D eigenvalue weighted by Gasteiger charge is -2.09. The Balaban J connectivity index is 2.56. The van der Waals surface area contributed by atoms with Crippen molar-refractivity contribution in [2.24, 2.45) is 7.05 Å². The van der Waals surface area contributed by atoms with Gasteiger partial charge in [-0.2, -0.15) is 0 Å². The highest BCUT2D eigenvalue weighted by Gasteiger charge is 2.09. The molecule has 19 heavy (non-hydrogen) atoms. The van der Waals surface area contributed by atoms with Crippen LogP contribution in [0.2, 0.25) is 5.15 Å². The van der Waals surface area contributed by atoms with Crippen LogP contribution in [0.3, 0.4) is 0 Å². The highest BCUT2D eigenvalue weighted by atomic mass is 35.5. The monoisotopic (exact) mass is 273 g/mol. The topological polar surface area (TPSA) is 47.8 Å². The van der Waals surface area contributed by atoms with Crippen molar-refractivity contribution in [3.63, 3.8) is 0 Å². The number of fused-ring (bicyclic) bond motifs is 2. The van der Waals surface area contributed by atoms with Crippen molar-refractivity contribution in [3.8, 4) is 0 Å². The first-order valence-electron chi connectivity index (χ1n) is 5.91. The molecule has 0 unspecified atom stereocenters. The minimum Gasteiger partial charge on any atom is -0.311 e. The van der Waals surface area contributed by atoms with E-state index < -0.39 is 0 Å². The second-order valence-electron chi connectivity index (χ2n) is 4.68. The van der Waals surface area contributed by atoms with Gasteiger partial charge in [0.2, 0.25) is 0 Å². The van der Waals surface area contributed by atoms with Gasteiger partial charge in [-0.05, 0) is 32.0 Å². The molecule has 0 radical (unpaired) electrons. The van der Waals surface area contributed by atoms with Gasteiger partial charge in [-0.15, -0.1) is 0 Å². The molecule has 0 aliphatic carbocycles. The number of aryl methyl sites for hydroxylation is 3. The number of hydrogen-bond acceptors (Lipinski definition) is 3. The lowest BCUT2D eigenvalue weighted by Crippen LogP contribution is -2.19. The zero-order valence-electron chi connectivity index (χ0n) is 10.9. The summed E-state index contributed by atoms with van der Waals surface area (Å²) in [4.78, 5) is 20.5. The zero-order valence-corrected chi connectivity index (χ0v) is 11.6. The minimum atomic E-state index is -0.00370. The van der Waals surface area contributed by atoms with Gasteiger partial charge in [-0.25, -0.2) is 9.97 Å². The second kappa shape index (κ2) is 4.03.